The van der Waals surface area contributed by atoms with Crippen LogP contribution in [-0.4, -0.2) is 41.2 Å². The van der Waals surface area contributed by atoms with Gasteiger partial charge in [0.1, 0.15) is 18.8 Å². The molecule has 2 atom stereocenters. The lowest BCUT2D eigenvalue weighted by Gasteiger charge is -2.20. The Morgan fingerprint density at radius 2 is 1.88 bits per heavy atom. The number of methoxy groups -OCH3 is 1. The first kappa shape index (κ1) is 20.0. The number of carbonyl (C=O) groups excluding carboxylic acids is 1. The van der Waals surface area contributed by atoms with Crippen molar-refractivity contribution in [2.24, 2.45) is 0 Å². The Balaban J connectivity index is 1.88. The zero-order valence-corrected chi connectivity index (χ0v) is 15.6. The average Bonchev–Trinajstić information content (AvgIpc) is 2.66. The second-order valence-corrected chi connectivity index (χ2v) is 6.27. The smallest absolute Gasteiger partial charge is 0.407 e. The number of aliphatic hydroxyl groups is 2. The minimum absolute atomic E-state index is 0.100. The lowest BCUT2D eigenvalue weighted by molar-refractivity contribution is 0.0178. The number of carbonyl (C=O) groups is 1. The molecule has 0 aliphatic heterocycles. The largest absolute Gasteiger partial charge is 0.503 e. The molecule has 0 radical (unpaired) electrons. The van der Waals surface area contributed by atoms with E-state index in [4.69, 9.17) is 9.47 Å². The maximum Gasteiger partial charge on any atom is 0.407 e. The highest BCUT2D eigenvalue weighted by atomic mass is 79.9. The average molecular weight is 426 g/mol. The lowest BCUT2D eigenvalue weighted by Crippen LogP contribution is -2.35. The van der Waals surface area contributed by atoms with E-state index in [9.17, 15) is 20.1 Å². The van der Waals surface area contributed by atoms with Crippen LogP contribution in [0.1, 0.15) is 17.2 Å². The van der Waals surface area contributed by atoms with Gasteiger partial charge in [0.2, 0.25) is 0 Å². The summed E-state index contributed by atoms with van der Waals surface area (Å²) in [6.45, 7) is -0.128. The fourth-order valence-electron chi connectivity index (χ4n) is 2.24. The van der Waals surface area contributed by atoms with Gasteiger partial charge in [0, 0.05) is 12.1 Å². The van der Waals surface area contributed by atoms with Gasteiger partial charge in [0.25, 0.3) is 0 Å². The van der Waals surface area contributed by atoms with Gasteiger partial charge in [0.05, 0.1) is 11.6 Å². The number of phenolic OH excluding ortho intramolecular Hbond substituents is 1. The molecule has 7 nitrogen and oxygen atoms in total. The van der Waals surface area contributed by atoms with Gasteiger partial charge in [0.15, 0.2) is 11.5 Å². The van der Waals surface area contributed by atoms with Gasteiger partial charge in [-0.1, -0.05) is 36.4 Å². The fraction of sp³-hybridized carbons (Fsp3) is 0.278. The standard InChI is InChI=1S/C18H20BrNO6/c1-25-14-8-7-12(15(19)17(14)23)16(22)13(21)9-20-18(24)26-10-11-5-3-2-4-6-11/h2-8,13,16,21-23H,9-10H2,1H3,(H,20,24). The Bertz CT molecular complexity index is 740. The van der Waals surface area contributed by atoms with Crippen LogP contribution in [-0.2, 0) is 11.3 Å². The number of hydrogen-bond donors (Lipinski definition) is 4. The molecular weight excluding hydrogens is 406 g/mol. The van der Waals surface area contributed by atoms with E-state index in [1.54, 1.807) is 0 Å². The molecule has 2 unspecified atom stereocenters. The van der Waals surface area contributed by atoms with Crippen LogP contribution in [0.2, 0.25) is 0 Å². The molecule has 2 aromatic rings. The van der Waals surface area contributed by atoms with E-state index in [0.29, 0.717) is 0 Å². The maximum absolute atomic E-state index is 11.7. The monoisotopic (exact) mass is 425 g/mol. The van der Waals surface area contributed by atoms with E-state index in [2.05, 4.69) is 21.2 Å². The van der Waals surface area contributed by atoms with E-state index >= 15 is 0 Å². The SMILES string of the molecule is COc1ccc(C(O)C(O)CNC(=O)OCc2ccccc2)c(Br)c1O. The summed E-state index contributed by atoms with van der Waals surface area (Å²) in [6.07, 6.45) is -3.35. The van der Waals surface area contributed by atoms with Gasteiger partial charge >= 0.3 is 6.09 Å². The lowest BCUT2D eigenvalue weighted by atomic mass is 10.0. The van der Waals surface area contributed by atoms with Crippen LogP contribution in [0.3, 0.4) is 0 Å². The summed E-state index contributed by atoms with van der Waals surface area (Å²) in [5, 5.41) is 32.7. The summed E-state index contributed by atoms with van der Waals surface area (Å²) in [7, 11) is 1.40. The topological polar surface area (TPSA) is 108 Å². The van der Waals surface area contributed by atoms with Crippen LogP contribution < -0.4 is 10.1 Å². The normalized spacial score (nSPS) is 12.9. The predicted octanol–water partition coefficient (Wildman–Crippen LogP) is 2.48. The van der Waals surface area contributed by atoms with E-state index in [1.165, 1.54) is 19.2 Å². The number of amides is 1. The van der Waals surface area contributed by atoms with Gasteiger partial charge in [-0.05, 0) is 27.6 Å². The molecule has 0 aliphatic rings. The van der Waals surface area contributed by atoms with Crippen molar-refractivity contribution >= 4 is 22.0 Å². The molecule has 0 spiro atoms. The number of hydrogen-bond acceptors (Lipinski definition) is 6. The number of rotatable bonds is 7. The van der Waals surface area contributed by atoms with Crippen LogP contribution in [0, 0.1) is 0 Å². The van der Waals surface area contributed by atoms with Crippen molar-refractivity contribution in [2.75, 3.05) is 13.7 Å². The Hall–Kier alpha value is -2.29. The number of nitrogens with one attached hydrogen (secondary N) is 1. The first-order chi connectivity index (χ1) is 12.4. The molecule has 8 heteroatoms. The van der Waals surface area contributed by atoms with Crippen LogP contribution in [0.5, 0.6) is 11.5 Å². The molecule has 0 saturated carbocycles. The van der Waals surface area contributed by atoms with E-state index in [1.807, 2.05) is 30.3 Å². The molecule has 0 bridgehead atoms. The van der Waals surface area contributed by atoms with Crippen molar-refractivity contribution in [3.8, 4) is 11.5 Å². The van der Waals surface area contributed by atoms with E-state index < -0.39 is 18.3 Å². The Labute approximate surface area is 159 Å². The molecule has 0 aliphatic carbocycles. The van der Waals surface area contributed by atoms with Crippen LogP contribution in [0.25, 0.3) is 0 Å². The zero-order valence-electron chi connectivity index (χ0n) is 14.1. The molecule has 0 fully saturated rings. The molecule has 26 heavy (non-hydrogen) atoms. The molecule has 0 heterocycles. The Morgan fingerprint density at radius 3 is 2.54 bits per heavy atom. The highest BCUT2D eigenvalue weighted by Crippen LogP contribution is 2.39. The zero-order chi connectivity index (χ0) is 19.1. The second-order valence-electron chi connectivity index (χ2n) is 5.47. The third-order valence-electron chi connectivity index (χ3n) is 3.68. The van der Waals surface area contributed by atoms with Gasteiger partial charge in [-0.25, -0.2) is 4.79 Å². The second kappa shape index (κ2) is 9.42. The number of phenols is 1. The Kier molecular flexibility index (Phi) is 7.26. The first-order valence-electron chi connectivity index (χ1n) is 7.80. The van der Waals surface area contributed by atoms with Crippen molar-refractivity contribution in [2.45, 2.75) is 18.8 Å². The van der Waals surface area contributed by atoms with Crippen molar-refractivity contribution < 1.29 is 29.6 Å². The molecule has 2 aromatic carbocycles. The number of benzene rings is 2. The van der Waals surface area contributed by atoms with Crippen molar-refractivity contribution in [1.29, 1.82) is 0 Å². The van der Waals surface area contributed by atoms with Gasteiger partial charge in [-0.3, -0.25) is 0 Å². The number of alkyl carbamates (subject to hydrolysis) is 1. The molecule has 140 valence electrons. The molecule has 0 saturated heterocycles. The van der Waals surface area contributed by atoms with E-state index in [0.717, 1.165) is 5.56 Å². The molecule has 2 rings (SSSR count). The maximum atomic E-state index is 11.7. The third-order valence-corrected chi connectivity index (χ3v) is 4.51. The molecular formula is C18H20BrNO6. The summed E-state index contributed by atoms with van der Waals surface area (Å²) in [4.78, 5) is 11.7. The van der Waals surface area contributed by atoms with E-state index in [-0.39, 0.29) is 34.7 Å². The molecule has 0 aromatic heterocycles. The predicted molar refractivity (Wildman–Crippen MR) is 98.0 cm³/mol. The summed E-state index contributed by atoms with van der Waals surface area (Å²) in [5.41, 5.74) is 1.09. The van der Waals surface area contributed by atoms with Crippen LogP contribution >= 0.6 is 15.9 Å². The van der Waals surface area contributed by atoms with Crippen molar-refractivity contribution in [3.05, 3.63) is 58.1 Å². The molecule has 4 N–H and O–H groups in total. The minimum Gasteiger partial charge on any atom is -0.503 e. The summed E-state index contributed by atoms with van der Waals surface area (Å²) < 4.78 is 10.2. The summed E-state index contributed by atoms with van der Waals surface area (Å²) in [6, 6.07) is 12.1. The molecule has 1 amide bonds. The minimum atomic E-state index is -1.34. The van der Waals surface area contributed by atoms with Crippen LogP contribution in [0.4, 0.5) is 4.79 Å². The van der Waals surface area contributed by atoms with Gasteiger partial charge in [-0.15, -0.1) is 0 Å². The Morgan fingerprint density at radius 1 is 1.19 bits per heavy atom. The van der Waals surface area contributed by atoms with Gasteiger partial charge < -0.3 is 30.1 Å². The first-order valence-corrected chi connectivity index (χ1v) is 8.59. The highest BCUT2D eigenvalue weighted by Gasteiger charge is 2.24. The summed E-state index contributed by atoms with van der Waals surface area (Å²) in [5.74, 6) is 0.0383. The summed E-state index contributed by atoms with van der Waals surface area (Å²) >= 11 is 3.16. The van der Waals surface area contributed by atoms with Gasteiger partial charge in [-0.2, -0.15) is 0 Å². The highest BCUT2D eigenvalue weighted by molar-refractivity contribution is 9.10. The quantitative estimate of drug-likeness (QED) is 0.542. The van der Waals surface area contributed by atoms with Crippen molar-refractivity contribution in [1.82, 2.24) is 5.32 Å². The van der Waals surface area contributed by atoms with Crippen LogP contribution in [0.15, 0.2) is 46.9 Å². The number of aliphatic hydroxyl groups excluding tert-OH is 2. The number of ether oxygens (including phenoxy) is 2. The number of halogens is 1. The fourth-order valence-corrected chi connectivity index (χ4v) is 2.80. The number of aromatic hydroxyl groups is 1. The van der Waals surface area contributed by atoms with Crippen molar-refractivity contribution in [3.63, 3.8) is 0 Å². The third kappa shape index (κ3) is 5.10.